The lowest BCUT2D eigenvalue weighted by Crippen LogP contribution is -2.44. The van der Waals surface area contributed by atoms with Gasteiger partial charge in [0, 0.05) is 42.0 Å². The van der Waals surface area contributed by atoms with Crippen LogP contribution in [0.2, 0.25) is 38.3 Å². The quantitative estimate of drug-likeness (QED) is 0.0206. The van der Waals surface area contributed by atoms with Crippen molar-refractivity contribution in [2.24, 2.45) is 5.41 Å². The predicted octanol–water partition coefficient (Wildman–Crippen LogP) is 8.02. The Kier molecular flexibility index (Phi) is 36.0. The van der Waals surface area contributed by atoms with Gasteiger partial charge in [0.1, 0.15) is 37.3 Å². The largest absolute Gasteiger partial charge is 0.465 e. The van der Waals surface area contributed by atoms with Crippen molar-refractivity contribution in [3.8, 4) is 0 Å². The average Bonchev–Trinajstić information content (AvgIpc) is 3.18. The molecule has 0 heterocycles. The van der Waals surface area contributed by atoms with Gasteiger partial charge in [-0.2, -0.15) is 47.0 Å². The number of ether oxygens (including phenoxy) is 7. The number of aliphatic hydroxyl groups excluding tert-OH is 1. The topological polar surface area (TPSA) is 162 Å². The molecule has 13 nitrogen and oxygen atoms in total. The first kappa shape index (κ1) is 60.9. The third kappa shape index (κ3) is 35.8. The molecule has 0 aliphatic heterocycles. The molecule has 0 radical (unpaired) electrons. The van der Waals surface area contributed by atoms with E-state index >= 15 is 0 Å². The molecule has 0 fully saturated rings. The highest BCUT2D eigenvalue weighted by molar-refractivity contribution is 8.00. The molecule has 0 aromatic heterocycles. The van der Waals surface area contributed by atoms with Gasteiger partial charge in [-0.05, 0) is 89.0 Å². The zero-order chi connectivity index (χ0) is 46.2. The van der Waals surface area contributed by atoms with Gasteiger partial charge in [0.05, 0.1) is 51.1 Å². The summed E-state index contributed by atoms with van der Waals surface area (Å²) in [6.07, 6.45) is 7.97. The van der Waals surface area contributed by atoms with Gasteiger partial charge in [0.15, 0.2) is 16.6 Å². The van der Waals surface area contributed by atoms with E-state index in [0.717, 1.165) is 24.9 Å². The van der Waals surface area contributed by atoms with E-state index in [1.54, 1.807) is 23.5 Å². The highest BCUT2D eigenvalue weighted by Gasteiger charge is 2.38. The van der Waals surface area contributed by atoms with Crippen LogP contribution < -0.4 is 0 Å². The van der Waals surface area contributed by atoms with Crippen LogP contribution in [0.1, 0.15) is 66.2 Å². The van der Waals surface area contributed by atoms with Crippen LogP contribution >= 0.6 is 58.8 Å². The van der Waals surface area contributed by atoms with Crippen molar-refractivity contribution in [3.05, 3.63) is 0 Å². The highest BCUT2D eigenvalue weighted by atomic mass is 32.2. The Morgan fingerprint density at radius 1 is 0.623 bits per heavy atom. The van der Waals surface area contributed by atoms with Crippen LogP contribution in [0.5, 0.6) is 0 Å². The zero-order valence-electron chi connectivity index (χ0n) is 39.0. The summed E-state index contributed by atoms with van der Waals surface area (Å²) in [5.74, 6) is 1.01. The van der Waals surface area contributed by atoms with Crippen LogP contribution in [0.25, 0.3) is 0 Å². The fraction of sp³-hybridized carbons (Fsp3) is 0.902. The molecule has 1 N–H and O–H groups in total. The minimum atomic E-state index is -1.89. The summed E-state index contributed by atoms with van der Waals surface area (Å²) in [6, 6.07) is 2.01. The number of carbonyl (C=O) groups is 4. The summed E-state index contributed by atoms with van der Waals surface area (Å²) in [5, 5.41) is 10.0. The average molecular weight is 998 g/mol. The molecule has 2 unspecified atom stereocenters. The normalized spacial score (nSPS) is 13.3. The standard InChI is InChI=1S/C41H80O13S5Si2/c1-33(2)53-35(26-47-18-12-24-60(8,9)54-61(10,11)25-13-19-48-27-40(46)57-7)28-58-22-16-38(44)51-31-41(29-49-36(42)14-20-55-5,30-50-37(43)15-21-56-6)32-52-39(45)17-23-59-34(3)4/h33-35,40,46H,12-32H2,1-11H3. The Balaban J connectivity index is 5.22. The van der Waals surface area contributed by atoms with Gasteiger partial charge in [-0.3, -0.25) is 19.2 Å². The smallest absolute Gasteiger partial charge is 0.306 e. The van der Waals surface area contributed by atoms with Crippen molar-refractivity contribution in [2.75, 3.05) is 100 Å². The van der Waals surface area contributed by atoms with E-state index in [1.807, 2.05) is 46.5 Å². The lowest BCUT2D eigenvalue weighted by Gasteiger charge is -2.34. The number of thioether (sulfide) groups is 5. The second-order valence-corrected chi connectivity index (χ2v) is 31.3. The van der Waals surface area contributed by atoms with Crippen LogP contribution in [0.3, 0.4) is 0 Å². The zero-order valence-corrected chi connectivity index (χ0v) is 45.1. The number of rotatable bonds is 40. The van der Waals surface area contributed by atoms with E-state index in [0.29, 0.717) is 60.4 Å². The van der Waals surface area contributed by atoms with Crippen LogP contribution in [0.15, 0.2) is 0 Å². The van der Waals surface area contributed by atoms with E-state index in [2.05, 4.69) is 26.2 Å². The van der Waals surface area contributed by atoms with E-state index in [9.17, 15) is 24.3 Å². The third-order valence-corrected chi connectivity index (χ3v) is 20.3. The first-order chi connectivity index (χ1) is 28.8. The maximum absolute atomic E-state index is 13.1. The molecule has 20 heteroatoms. The monoisotopic (exact) mass is 996 g/mol. The third-order valence-electron chi connectivity index (χ3n) is 8.68. The fourth-order valence-corrected chi connectivity index (χ4v) is 17.1. The first-order valence-electron chi connectivity index (χ1n) is 21.3. The lowest BCUT2D eigenvalue weighted by atomic mass is 9.92. The molecule has 360 valence electrons. The number of hydrogen-bond donors (Lipinski definition) is 1. The molecule has 0 saturated heterocycles. The van der Waals surface area contributed by atoms with Gasteiger partial charge in [-0.15, -0.1) is 11.8 Å². The summed E-state index contributed by atoms with van der Waals surface area (Å²) in [7, 11) is -3.74. The SMILES string of the molecule is CSCCC(=O)OCC(COC(=O)CCSC)(COC(=O)CCSCC(COCCC[Si](C)(C)O[Si](C)(C)CCCOCC(O)SC)OC(C)C)COC(=O)CCSC(C)C. The number of esters is 4. The van der Waals surface area contributed by atoms with Crippen molar-refractivity contribution in [1.29, 1.82) is 0 Å². The Labute approximate surface area is 391 Å². The summed E-state index contributed by atoms with van der Waals surface area (Å²) in [4.78, 5) is 50.9. The molecule has 0 aromatic rings. The van der Waals surface area contributed by atoms with Crippen LogP contribution in [-0.2, 0) is 56.5 Å². The highest BCUT2D eigenvalue weighted by Crippen LogP contribution is 2.25. The maximum Gasteiger partial charge on any atom is 0.306 e. The number of aliphatic hydroxyl groups is 1. The second kappa shape index (κ2) is 36.0. The molecule has 0 bridgehead atoms. The fourth-order valence-electron chi connectivity index (χ4n) is 5.62. The Morgan fingerprint density at radius 2 is 1.05 bits per heavy atom. The van der Waals surface area contributed by atoms with E-state index < -0.39 is 51.4 Å². The minimum absolute atomic E-state index is 0.00735. The molecular weight excluding hydrogens is 917 g/mol. The summed E-state index contributed by atoms with van der Waals surface area (Å²) < 4.78 is 47.1. The van der Waals surface area contributed by atoms with E-state index in [-0.39, 0.29) is 64.3 Å². The molecule has 0 aromatic carbocycles. The second-order valence-electron chi connectivity index (χ2n) is 16.6. The maximum atomic E-state index is 13.1. The Bertz CT molecular complexity index is 1160. The van der Waals surface area contributed by atoms with Crippen molar-refractivity contribution in [1.82, 2.24) is 0 Å². The summed E-state index contributed by atoms with van der Waals surface area (Å²) in [5.41, 5.74) is -1.76. The van der Waals surface area contributed by atoms with Crippen molar-refractivity contribution >= 4 is 99.3 Å². The lowest BCUT2D eigenvalue weighted by molar-refractivity contribution is -0.170. The van der Waals surface area contributed by atoms with Gasteiger partial charge < -0.3 is 42.4 Å². The van der Waals surface area contributed by atoms with Gasteiger partial charge in [-0.1, -0.05) is 13.8 Å². The Morgan fingerprint density at radius 3 is 1.46 bits per heavy atom. The Hall–Kier alpha value is -0.136. The van der Waals surface area contributed by atoms with Crippen molar-refractivity contribution < 1.29 is 61.6 Å². The number of hydrogen-bond acceptors (Lipinski definition) is 18. The molecule has 0 aliphatic carbocycles. The molecule has 0 amide bonds. The summed E-state index contributed by atoms with van der Waals surface area (Å²) in [6.45, 7) is 18.1. The van der Waals surface area contributed by atoms with E-state index in [1.165, 1.54) is 35.3 Å². The molecular formula is C41H80O13S5Si2. The molecule has 0 saturated carbocycles. The van der Waals surface area contributed by atoms with Crippen LogP contribution in [-0.4, -0.2) is 169 Å². The molecule has 2 atom stereocenters. The van der Waals surface area contributed by atoms with Gasteiger partial charge in [0.2, 0.25) is 0 Å². The first-order valence-corrected chi connectivity index (χ1v) is 33.8. The summed E-state index contributed by atoms with van der Waals surface area (Å²) >= 11 is 7.60. The van der Waals surface area contributed by atoms with Gasteiger partial charge >= 0.3 is 23.9 Å². The minimum Gasteiger partial charge on any atom is -0.465 e. The van der Waals surface area contributed by atoms with Crippen LogP contribution in [0, 0.1) is 5.41 Å². The number of carbonyl (C=O) groups excluding carboxylic acids is 4. The van der Waals surface area contributed by atoms with E-state index in [4.69, 9.17) is 37.3 Å². The molecule has 0 aliphatic rings. The van der Waals surface area contributed by atoms with Gasteiger partial charge in [0.25, 0.3) is 0 Å². The molecule has 61 heavy (non-hydrogen) atoms. The van der Waals surface area contributed by atoms with Crippen LogP contribution in [0.4, 0.5) is 0 Å². The molecule has 0 spiro atoms. The van der Waals surface area contributed by atoms with Gasteiger partial charge in [-0.25, -0.2) is 0 Å². The molecule has 0 rings (SSSR count). The predicted molar refractivity (Wildman–Crippen MR) is 262 cm³/mol. The van der Waals surface area contributed by atoms with Crippen molar-refractivity contribution in [3.63, 3.8) is 0 Å². The van der Waals surface area contributed by atoms with Crippen molar-refractivity contribution in [2.45, 2.75) is 127 Å².